The monoisotopic (exact) mass is 175 g/mol. The Bertz CT molecular complexity index is 273. The maximum Gasteiger partial charge on any atom is 0.524 e. The summed E-state index contributed by atoms with van der Waals surface area (Å²) in [5.74, 6) is 0. The Hall–Kier alpha value is -0.745. The van der Waals surface area contributed by atoms with Gasteiger partial charge in [0.25, 0.3) is 0 Å². The van der Waals surface area contributed by atoms with E-state index in [9.17, 15) is 0 Å². The third-order valence-electron chi connectivity index (χ3n) is 1.78. The first kappa shape index (κ1) is 8.84. The molecule has 0 saturated carbocycles. The van der Waals surface area contributed by atoms with Crippen molar-refractivity contribution in [3.63, 3.8) is 0 Å². The van der Waals surface area contributed by atoms with E-state index in [-0.39, 0.29) is 7.69 Å². The Kier molecular flexibility index (Phi) is 2.70. The highest BCUT2D eigenvalue weighted by Crippen LogP contribution is 1.99. The van der Waals surface area contributed by atoms with E-state index in [4.69, 9.17) is 19.4 Å². The average molecular weight is 175 g/mol. The molecule has 0 bridgehead atoms. The van der Waals surface area contributed by atoms with E-state index in [0.29, 0.717) is 0 Å². The second-order valence-electron chi connectivity index (χ2n) is 2.70. The second-order valence-corrected chi connectivity index (χ2v) is 2.70. The van der Waals surface area contributed by atoms with Gasteiger partial charge in [-0.25, -0.2) is 0 Å². The maximum absolute atomic E-state index is 5.44. The highest BCUT2D eigenvalue weighted by atomic mass is 16.7. The molecule has 1 saturated heterocycles. The molecule has 2 rings (SSSR count). The van der Waals surface area contributed by atoms with Gasteiger partial charge in [-0.3, -0.25) is 0 Å². The van der Waals surface area contributed by atoms with Crippen LogP contribution in [0.2, 0.25) is 0 Å². The molecule has 0 radical (unpaired) electrons. The molecule has 13 heavy (non-hydrogen) atoms. The minimum absolute atomic E-state index is 0.167. The molecule has 0 aromatic heterocycles. The molecule has 0 aliphatic carbocycles. The topological polar surface area (TPSA) is 53.7 Å². The minimum atomic E-state index is -0.695. The molecule has 0 atom stereocenters. The van der Waals surface area contributed by atoms with Gasteiger partial charge in [-0.05, 0) is 5.46 Å². The summed E-state index contributed by atoms with van der Waals surface area (Å²) >= 11 is 0. The van der Waals surface area contributed by atoms with Gasteiger partial charge in [0.1, 0.15) is 0 Å². The predicted octanol–water partition coefficient (Wildman–Crippen LogP) is -1.34. The van der Waals surface area contributed by atoms with E-state index in [1.807, 2.05) is 30.3 Å². The fraction of sp³-hybridized carbons (Fsp3) is 0. The molecule has 64 valence electrons. The van der Waals surface area contributed by atoms with Gasteiger partial charge in [0.05, 0.1) is 0 Å². The van der Waals surface area contributed by atoms with Crippen LogP contribution in [0.1, 0.15) is 0 Å². The Labute approximate surface area is 78.0 Å². The molecule has 0 amide bonds. The zero-order valence-corrected chi connectivity index (χ0v) is 7.05. The normalized spacial score (nSPS) is 17.0. The second kappa shape index (κ2) is 3.98. The Balaban J connectivity index is 2.08. The van der Waals surface area contributed by atoms with Crippen molar-refractivity contribution in [3.05, 3.63) is 30.3 Å². The summed E-state index contributed by atoms with van der Waals surface area (Å²) in [5.41, 5.74) is 6.38. The predicted molar refractivity (Wildman–Crippen MR) is 52.2 cm³/mol. The van der Waals surface area contributed by atoms with Crippen LogP contribution in [0.3, 0.4) is 0 Å². The molecule has 2 N–H and O–H groups in total. The summed E-state index contributed by atoms with van der Waals surface area (Å²) in [6.45, 7) is 0. The zero-order valence-electron chi connectivity index (χ0n) is 7.05. The molecule has 0 unspecified atom stereocenters. The fourth-order valence-corrected chi connectivity index (χ4v) is 1.15. The first-order valence-corrected chi connectivity index (χ1v) is 4.05. The van der Waals surface area contributed by atoms with Crippen molar-refractivity contribution >= 4 is 27.5 Å². The molecule has 1 aromatic rings. The Morgan fingerprint density at radius 2 is 1.92 bits per heavy atom. The van der Waals surface area contributed by atoms with Crippen LogP contribution in [-0.4, -0.2) is 22.1 Å². The van der Waals surface area contributed by atoms with Gasteiger partial charge >= 0.3 is 22.1 Å². The standard InChI is InChI=1S/C6H8B3NO3/c10-9-12-7-11-8(13-9)6-4-2-1-3-5-6/h1-5,7H,10H2. The Morgan fingerprint density at radius 3 is 2.62 bits per heavy atom. The highest BCUT2D eigenvalue weighted by Gasteiger charge is 2.32. The van der Waals surface area contributed by atoms with Gasteiger partial charge in [-0.15, -0.1) is 0 Å². The van der Waals surface area contributed by atoms with Gasteiger partial charge in [0, 0.05) is 0 Å². The SMILES string of the molecule is NB1OBOB(c2ccccc2)O1. The van der Waals surface area contributed by atoms with Gasteiger partial charge in [0.15, 0.2) is 0 Å². The Morgan fingerprint density at radius 1 is 1.15 bits per heavy atom. The zero-order chi connectivity index (χ0) is 9.10. The van der Waals surface area contributed by atoms with Crippen LogP contribution >= 0.6 is 0 Å². The van der Waals surface area contributed by atoms with Crippen LogP contribution in [0.4, 0.5) is 0 Å². The van der Waals surface area contributed by atoms with Crippen LogP contribution in [0.25, 0.3) is 0 Å². The van der Waals surface area contributed by atoms with Crippen LogP contribution < -0.4 is 11.1 Å². The molecule has 0 spiro atoms. The molecule has 1 heterocycles. The van der Waals surface area contributed by atoms with E-state index in [1.54, 1.807) is 0 Å². The lowest BCUT2D eigenvalue weighted by molar-refractivity contribution is 0.311. The molecular formula is C6H8B3NO3. The van der Waals surface area contributed by atoms with Crippen LogP contribution in [0, 0.1) is 0 Å². The summed E-state index contributed by atoms with van der Waals surface area (Å²) in [4.78, 5) is 0. The van der Waals surface area contributed by atoms with E-state index in [1.165, 1.54) is 0 Å². The molecule has 7 heteroatoms. The third-order valence-corrected chi connectivity index (χ3v) is 1.78. The van der Waals surface area contributed by atoms with Crippen molar-refractivity contribution in [1.29, 1.82) is 0 Å². The summed E-state index contributed by atoms with van der Waals surface area (Å²) in [7, 11) is -0.940. The van der Waals surface area contributed by atoms with Crippen molar-refractivity contribution in [2.24, 2.45) is 5.64 Å². The van der Waals surface area contributed by atoms with Gasteiger partial charge in [-0.2, -0.15) is 0 Å². The molecular weight excluding hydrogens is 167 g/mol. The summed E-state index contributed by atoms with van der Waals surface area (Å²) in [6, 6.07) is 9.61. The quantitative estimate of drug-likeness (QED) is 0.536. The number of rotatable bonds is 1. The highest BCUT2D eigenvalue weighted by molar-refractivity contribution is 6.74. The van der Waals surface area contributed by atoms with E-state index in [2.05, 4.69) is 0 Å². The number of hydrogen-bond acceptors (Lipinski definition) is 4. The van der Waals surface area contributed by atoms with Crippen LogP contribution in [0.15, 0.2) is 30.3 Å². The summed E-state index contributed by atoms with van der Waals surface area (Å²) in [6.07, 6.45) is 0. The molecule has 1 aliphatic rings. The van der Waals surface area contributed by atoms with Crippen molar-refractivity contribution in [1.82, 2.24) is 0 Å². The largest absolute Gasteiger partial charge is 0.524 e. The fourth-order valence-electron chi connectivity index (χ4n) is 1.15. The van der Waals surface area contributed by atoms with Crippen molar-refractivity contribution in [3.8, 4) is 0 Å². The number of benzene rings is 1. The average Bonchev–Trinajstić information content (AvgIpc) is 2.19. The third kappa shape index (κ3) is 2.13. The first-order chi connectivity index (χ1) is 6.36. The van der Waals surface area contributed by atoms with Crippen molar-refractivity contribution in [2.45, 2.75) is 0 Å². The van der Waals surface area contributed by atoms with Gasteiger partial charge in [0.2, 0.25) is 0 Å². The van der Waals surface area contributed by atoms with Crippen LogP contribution in [-0.2, 0) is 13.7 Å². The smallest absolute Gasteiger partial charge is 0.451 e. The number of nitrogens with two attached hydrogens (primary N) is 1. The van der Waals surface area contributed by atoms with Gasteiger partial charge < -0.3 is 19.4 Å². The van der Waals surface area contributed by atoms with E-state index < -0.39 is 14.4 Å². The molecule has 1 aliphatic heterocycles. The lowest BCUT2D eigenvalue weighted by Gasteiger charge is -2.22. The molecule has 1 fully saturated rings. The lowest BCUT2D eigenvalue weighted by atomic mass is 9.74. The molecule has 4 nitrogen and oxygen atoms in total. The lowest BCUT2D eigenvalue weighted by Crippen LogP contribution is -2.53. The van der Waals surface area contributed by atoms with Crippen molar-refractivity contribution in [2.75, 3.05) is 0 Å². The first-order valence-electron chi connectivity index (χ1n) is 4.05. The van der Waals surface area contributed by atoms with Crippen LogP contribution in [0.5, 0.6) is 0 Å². The molecule has 1 aromatic carbocycles. The minimum Gasteiger partial charge on any atom is -0.451 e. The van der Waals surface area contributed by atoms with Crippen molar-refractivity contribution < 1.29 is 13.7 Å². The van der Waals surface area contributed by atoms with Gasteiger partial charge in [-0.1, -0.05) is 30.3 Å². The summed E-state index contributed by atoms with van der Waals surface area (Å²) < 4.78 is 15.3. The van der Waals surface area contributed by atoms with E-state index in [0.717, 1.165) is 5.46 Å². The summed E-state index contributed by atoms with van der Waals surface area (Å²) in [5, 5.41) is 0. The number of hydrogen-bond donors (Lipinski definition) is 1. The van der Waals surface area contributed by atoms with E-state index >= 15 is 0 Å². The maximum atomic E-state index is 5.44.